The minimum absolute atomic E-state index is 0.116. The fourth-order valence-electron chi connectivity index (χ4n) is 0.804. The number of nitrogens with two attached hydrogens (primary N) is 1. The highest BCUT2D eigenvalue weighted by Gasteiger charge is 2.20. The Balaban J connectivity index is 3.39. The van der Waals surface area contributed by atoms with E-state index in [9.17, 15) is 13.2 Å². The van der Waals surface area contributed by atoms with Gasteiger partial charge >= 0.3 is 5.97 Å². The number of hydrogen-bond acceptors (Lipinski definition) is 5. The average molecular weight is 221 g/mol. The molecule has 0 spiro atoms. The predicted molar refractivity (Wildman–Crippen MR) is 48.8 cm³/mol. The first-order valence-corrected chi connectivity index (χ1v) is 5.91. The Labute approximate surface area is 78.7 Å². The summed E-state index contributed by atoms with van der Waals surface area (Å²) in [6.45, 7) is 0. The van der Waals surface area contributed by atoms with Crippen molar-refractivity contribution in [3.8, 4) is 0 Å². The fourth-order valence-corrected chi connectivity index (χ4v) is 2.90. The van der Waals surface area contributed by atoms with Crippen molar-refractivity contribution in [3.63, 3.8) is 0 Å². The summed E-state index contributed by atoms with van der Waals surface area (Å²) in [6.07, 6.45) is 0.983. The Hall–Kier alpha value is -1.08. The molecule has 0 aliphatic heterocycles. The van der Waals surface area contributed by atoms with E-state index in [1.54, 1.807) is 0 Å². The Kier molecular flexibility index (Phi) is 2.31. The molecule has 0 bridgehead atoms. The van der Waals surface area contributed by atoms with Crippen LogP contribution in [0.3, 0.4) is 0 Å². The van der Waals surface area contributed by atoms with Crippen LogP contribution in [0.4, 0.5) is 5.69 Å². The SMILES string of the molecule is CS(=O)(=O)c1csc(C(=O)O)c1N. The molecule has 0 fully saturated rings. The number of rotatable bonds is 2. The molecular weight excluding hydrogens is 214 g/mol. The van der Waals surface area contributed by atoms with E-state index >= 15 is 0 Å². The summed E-state index contributed by atoms with van der Waals surface area (Å²) in [6, 6.07) is 0. The number of hydrogen-bond donors (Lipinski definition) is 2. The lowest BCUT2D eigenvalue weighted by molar-refractivity contribution is 0.0703. The normalized spacial score (nSPS) is 11.5. The Morgan fingerprint density at radius 1 is 1.62 bits per heavy atom. The molecule has 0 aliphatic carbocycles. The van der Waals surface area contributed by atoms with Crippen LogP contribution in [0.25, 0.3) is 0 Å². The molecule has 0 amide bonds. The van der Waals surface area contributed by atoms with Gasteiger partial charge in [0.15, 0.2) is 9.84 Å². The summed E-state index contributed by atoms with van der Waals surface area (Å²) < 4.78 is 22.0. The van der Waals surface area contributed by atoms with Crippen molar-refractivity contribution in [2.75, 3.05) is 12.0 Å². The van der Waals surface area contributed by atoms with Crippen LogP contribution in [-0.2, 0) is 9.84 Å². The minimum Gasteiger partial charge on any atom is -0.477 e. The molecule has 5 nitrogen and oxygen atoms in total. The van der Waals surface area contributed by atoms with Gasteiger partial charge in [-0.2, -0.15) is 0 Å². The number of thiophene rings is 1. The first kappa shape index (κ1) is 10.0. The topological polar surface area (TPSA) is 97.5 Å². The average Bonchev–Trinajstić information content (AvgIpc) is 2.28. The quantitative estimate of drug-likeness (QED) is 0.754. The van der Waals surface area contributed by atoms with E-state index in [0.717, 1.165) is 17.6 Å². The largest absolute Gasteiger partial charge is 0.477 e. The smallest absolute Gasteiger partial charge is 0.348 e. The monoisotopic (exact) mass is 221 g/mol. The molecule has 1 heterocycles. The maximum absolute atomic E-state index is 11.0. The summed E-state index contributed by atoms with van der Waals surface area (Å²) in [5.74, 6) is -1.21. The second-order valence-corrected chi connectivity index (χ2v) is 5.28. The van der Waals surface area contributed by atoms with E-state index in [1.807, 2.05) is 0 Å². The fraction of sp³-hybridized carbons (Fsp3) is 0.167. The van der Waals surface area contributed by atoms with E-state index in [4.69, 9.17) is 10.8 Å². The van der Waals surface area contributed by atoms with Gasteiger partial charge in [0.1, 0.15) is 9.77 Å². The van der Waals surface area contributed by atoms with Crippen LogP contribution < -0.4 is 5.73 Å². The zero-order valence-electron chi connectivity index (χ0n) is 6.64. The third-order valence-corrected chi connectivity index (χ3v) is 3.66. The first-order chi connectivity index (χ1) is 5.84. The lowest BCUT2D eigenvalue weighted by atomic mass is 10.4. The van der Waals surface area contributed by atoms with Crippen LogP contribution in [0.5, 0.6) is 0 Å². The number of carbonyl (C=O) groups is 1. The van der Waals surface area contributed by atoms with E-state index in [1.165, 1.54) is 5.38 Å². The van der Waals surface area contributed by atoms with Gasteiger partial charge in [0, 0.05) is 11.6 Å². The molecule has 0 aliphatic rings. The lowest BCUT2D eigenvalue weighted by Crippen LogP contribution is -2.03. The number of sulfone groups is 1. The highest BCUT2D eigenvalue weighted by molar-refractivity contribution is 7.91. The summed E-state index contributed by atoms with van der Waals surface area (Å²) in [4.78, 5) is 10.2. The molecule has 72 valence electrons. The van der Waals surface area contributed by atoms with Crippen LogP contribution in [0.2, 0.25) is 0 Å². The molecule has 3 N–H and O–H groups in total. The molecule has 0 saturated heterocycles. The maximum atomic E-state index is 11.0. The van der Waals surface area contributed by atoms with Crippen molar-refractivity contribution in [3.05, 3.63) is 10.3 Å². The van der Waals surface area contributed by atoms with E-state index in [-0.39, 0.29) is 15.5 Å². The second kappa shape index (κ2) is 3.00. The minimum atomic E-state index is -3.42. The van der Waals surface area contributed by atoms with E-state index < -0.39 is 15.8 Å². The maximum Gasteiger partial charge on any atom is 0.348 e. The lowest BCUT2D eigenvalue weighted by Gasteiger charge is -1.95. The van der Waals surface area contributed by atoms with Gasteiger partial charge in [0.25, 0.3) is 0 Å². The van der Waals surface area contributed by atoms with Gasteiger partial charge in [-0.1, -0.05) is 0 Å². The number of carboxylic acids is 1. The Bertz CT molecular complexity index is 445. The van der Waals surface area contributed by atoms with Crippen LogP contribution >= 0.6 is 11.3 Å². The highest BCUT2D eigenvalue weighted by Crippen LogP contribution is 2.28. The van der Waals surface area contributed by atoms with Crippen LogP contribution in [-0.4, -0.2) is 25.7 Å². The number of anilines is 1. The number of aromatic carboxylic acids is 1. The molecule has 1 aromatic rings. The molecule has 7 heteroatoms. The van der Waals surface area contributed by atoms with Crippen molar-refractivity contribution in [2.45, 2.75) is 4.90 Å². The number of carboxylic acid groups (broad SMARTS) is 1. The molecule has 1 rings (SSSR count). The summed E-state index contributed by atoms with van der Waals surface area (Å²) in [5, 5.41) is 9.81. The van der Waals surface area contributed by atoms with Crippen molar-refractivity contribution in [1.29, 1.82) is 0 Å². The van der Waals surface area contributed by atoms with E-state index in [0.29, 0.717) is 0 Å². The van der Waals surface area contributed by atoms with Crippen molar-refractivity contribution >= 4 is 32.8 Å². The first-order valence-electron chi connectivity index (χ1n) is 3.14. The zero-order chi connectivity index (χ0) is 10.2. The number of nitrogen functional groups attached to an aromatic ring is 1. The van der Waals surface area contributed by atoms with Crippen molar-refractivity contribution in [1.82, 2.24) is 0 Å². The zero-order valence-corrected chi connectivity index (χ0v) is 8.28. The Morgan fingerprint density at radius 3 is 2.38 bits per heavy atom. The summed E-state index contributed by atoms with van der Waals surface area (Å²) in [5.41, 5.74) is 5.16. The molecule has 0 saturated carbocycles. The molecule has 0 aromatic carbocycles. The standard InChI is InChI=1S/C6H7NO4S2/c1-13(10,11)3-2-12-5(4(3)7)6(8)9/h2H,7H2,1H3,(H,8,9). The molecule has 0 atom stereocenters. The van der Waals surface area contributed by atoms with Crippen molar-refractivity contribution in [2.24, 2.45) is 0 Å². The summed E-state index contributed by atoms with van der Waals surface area (Å²) in [7, 11) is -3.42. The van der Waals surface area contributed by atoms with Crippen LogP contribution in [0.1, 0.15) is 9.67 Å². The second-order valence-electron chi connectivity index (χ2n) is 2.42. The van der Waals surface area contributed by atoms with Gasteiger partial charge in [-0.05, 0) is 0 Å². The third kappa shape index (κ3) is 1.81. The van der Waals surface area contributed by atoms with E-state index in [2.05, 4.69) is 0 Å². The molecule has 0 unspecified atom stereocenters. The molecule has 13 heavy (non-hydrogen) atoms. The van der Waals surface area contributed by atoms with Crippen LogP contribution in [0.15, 0.2) is 10.3 Å². The predicted octanol–water partition coefficient (Wildman–Crippen LogP) is 0.432. The van der Waals surface area contributed by atoms with Gasteiger partial charge in [0.2, 0.25) is 0 Å². The third-order valence-electron chi connectivity index (χ3n) is 1.39. The van der Waals surface area contributed by atoms with Gasteiger partial charge < -0.3 is 10.8 Å². The van der Waals surface area contributed by atoms with Gasteiger partial charge in [-0.15, -0.1) is 11.3 Å². The molecular formula is C6H7NO4S2. The van der Waals surface area contributed by atoms with Gasteiger partial charge in [0.05, 0.1) is 5.69 Å². The van der Waals surface area contributed by atoms with Gasteiger partial charge in [-0.25, -0.2) is 13.2 Å². The van der Waals surface area contributed by atoms with Crippen molar-refractivity contribution < 1.29 is 18.3 Å². The highest BCUT2D eigenvalue weighted by atomic mass is 32.2. The Morgan fingerprint density at radius 2 is 2.15 bits per heavy atom. The summed E-state index contributed by atoms with van der Waals surface area (Å²) >= 11 is 0.807. The molecule has 1 aromatic heterocycles. The molecule has 0 radical (unpaired) electrons. The van der Waals surface area contributed by atoms with Gasteiger partial charge in [-0.3, -0.25) is 0 Å². The van der Waals surface area contributed by atoms with Crippen LogP contribution in [0, 0.1) is 0 Å².